The minimum atomic E-state index is -4.06. The number of aromatic nitrogens is 1. The van der Waals surface area contributed by atoms with Crippen LogP contribution in [0.3, 0.4) is 0 Å². The normalized spacial score (nSPS) is 15.6. The Labute approximate surface area is 220 Å². The van der Waals surface area contributed by atoms with Crippen LogP contribution in [-0.4, -0.2) is 28.4 Å². The van der Waals surface area contributed by atoms with E-state index in [1.54, 1.807) is 23.6 Å². The third-order valence-electron chi connectivity index (χ3n) is 7.33. The van der Waals surface area contributed by atoms with Crippen LogP contribution in [0.2, 0.25) is 0 Å². The van der Waals surface area contributed by atoms with Gasteiger partial charge in [-0.15, -0.1) is 0 Å². The number of hydrogen-bond donors (Lipinski definition) is 1. The van der Waals surface area contributed by atoms with Gasteiger partial charge in [-0.05, 0) is 50.1 Å². The van der Waals surface area contributed by atoms with Gasteiger partial charge in [0.05, 0.1) is 10.4 Å². The van der Waals surface area contributed by atoms with Crippen LogP contribution in [0.15, 0.2) is 58.4 Å². The number of carboxylic acids is 1. The molecule has 7 nitrogen and oxygen atoms in total. The van der Waals surface area contributed by atoms with Gasteiger partial charge in [0.15, 0.2) is 0 Å². The lowest BCUT2D eigenvalue weighted by Crippen LogP contribution is -2.25. The number of carbonyl (C=O) groups is 1. The SMILES string of the molecule is Cc1ccc(S(=O)(=O)N2Cc3c(F)cc(-c4cc5c(cc4F)c(=O)c(C(=O)O)cn5C4CC4)c(F)c3C2)cc1. The minimum absolute atomic E-state index is 0.0127. The van der Waals surface area contributed by atoms with E-state index in [9.17, 15) is 23.1 Å². The Kier molecular flexibility index (Phi) is 5.70. The summed E-state index contributed by atoms with van der Waals surface area (Å²) in [7, 11) is -4.06. The molecule has 1 aliphatic carbocycles. The molecule has 0 amide bonds. The average Bonchev–Trinajstić information content (AvgIpc) is 3.62. The summed E-state index contributed by atoms with van der Waals surface area (Å²) in [4.78, 5) is 24.3. The van der Waals surface area contributed by atoms with E-state index in [2.05, 4.69) is 0 Å². The molecule has 0 unspecified atom stereocenters. The number of halogens is 3. The van der Waals surface area contributed by atoms with Crippen molar-refractivity contribution < 1.29 is 31.5 Å². The van der Waals surface area contributed by atoms with Gasteiger partial charge in [-0.1, -0.05) is 17.7 Å². The summed E-state index contributed by atoms with van der Waals surface area (Å²) in [5.41, 5.74) is -1.40. The molecule has 0 spiro atoms. The molecule has 1 N–H and O–H groups in total. The lowest BCUT2D eigenvalue weighted by atomic mass is 9.97. The Morgan fingerprint density at radius 2 is 1.62 bits per heavy atom. The lowest BCUT2D eigenvalue weighted by Gasteiger charge is -2.16. The fraction of sp³-hybridized carbons (Fsp3) is 0.214. The summed E-state index contributed by atoms with van der Waals surface area (Å²) < 4.78 is 75.3. The first-order valence-corrected chi connectivity index (χ1v) is 13.6. The highest BCUT2D eigenvalue weighted by molar-refractivity contribution is 7.89. The minimum Gasteiger partial charge on any atom is -0.477 e. The maximum absolute atomic E-state index is 15.9. The molecule has 0 atom stereocenters. The van der Waals surface area contributed by atoms with Gasteiger partial charge in [0.1, 0.15) is 23.0 Å². The molecule has 1 fully saturated rings. The Morgan fingerprint density at radius 3 is 2.26 bits per heavy atom. The van der Waals surface area contributed by atoms with Crippen molar-refractivity contribution in [3.63, 3.8) is 0 Å². The van der Waals surface area contributed by atoms with Gasteiger partial charge in [0.2, 0.25) is 15.5 Å². The predicted molar refractivity (Wildman–Crippen MR) is 136 cm³/mol. The predicted octanol–water partition coefficient (Wildman–Crippen LogP) is 5.13. The topological polar surface area (TPSA) is 96.7 Å². The third-order valence-corrected chi connectivity index (χ3v) is 9.14. The number of aromatic carboxylic acids is 1. The maximum atomic E-state index is 15.9. The molecule has 3 aromatic carbocycles. The van der Waals surface area contributed by atoms with E-state index in [0.29, 0.717) is 0 Å². The van der Waals surface area contributed by atoms with E-state index in [0.717, 1.165) is 34.8 Å². The highest BCUT2D eigenvalue weighted by Crippen LogP contribution is 2.40. The Hall–Kier alpha value is -3.96. The van der Waals surface area contributed by atoms with Crippen molar-refractivity contribution >= 4 is 26.9 Å². The molecule has 0 bridgehead atoms. The van der Waals surface area contributed by atoms with Crippen molar-refractivity contribution in [3.05, 3.63) is 98.6 Å². The van der Waals surface area contributed by atoms with Crippen molar-refractivity contribution in [1.82, 2.24) is 8.87 Å². The number of benzene rings is 3. The zero-order valence-corrected chi connectivity index (χ0v) is 21.4. The first-order valence-electron chi connectivity index (χ1n) is 12.2. The maximum Gasteiger partial charge on any atom is 0.341 e. The van der Waals surface area contributed by atoms with Gasteiger partial charge in [-0.3, -0.25) is 4.79 Å². The molecule has 1 saturated carbocycles. The zero-order valence-electron chi connectivity index (χ0n) is 20.5. The highest BCUT2D eigenvalue weighted by Gasteiger charge is 2.36. The van der Waals surface area contributed by atoms with Gasteiger partial charge in [0, 0.05) is 53.0 Å². The first kappa shape index (κ1) is 25.3. The molecular weight excluding hydrogens is 533 g/mol. The summed E-state index contributed by atoms with van der Waals surface area (Å²) in [5, 5.41) is 9.25. The van der Waals surface area contributed by atoms with Crippen molar-refractivity contribution in [3.8, 4) is 11.1 Å². The second kappa shape index (κ2) is 8.78. The van der Waals surface area contributed by atoms with Crippen LogP contribution < -0.4 is 5.43 Å². The summed E-state index contributed by atoms with van der Waals surface area (Å²) >= 11 is 0. The lowest BCUT2D eigenvalue weighted by molar-refractivity contribution is 0.0694. The van der Waals surface area contributed by atoms with E-state index in [1.807, 2.05) is 0 Å². The molecule has 1 aliphatic heterocycles. The van der Waals surface area contributed by atoms with Crippen LogP contribution in [0.25, 0.3) is 22.0 Å². The van der Waals surface area contributed by atoms with Crippen molar-refractivity contribution in [2.45, 2.75) is 43.8 Å². The molecule has 1 aromatic heterocycles. The molecule has 2 aliphatic rings. The van der Waals surface area contributed by atoms with Crippen LogP contribution in [0.1, 0.15) is 45.9 Å². The van der Waals surface area contributed by atoms with Crippen LogP contribution in [-0.2, 0) is 23.1 Å². The second-order valence-electron chi connectivity index (χ2n) is 9.93. The van der Waals surface area contributed by atoms with Gasteiger partial charge in [-0.25, -0.2) is 26.4 Å². The summed E-state index contributed by atoms with van der Waals surface area (Å²) in [6.07, 6.45) is 2.63. The van der Waals surface area contributed by atoms with Crippen LogP contribution in [0.4, 0.5) is 13.2 Å². The number of sulfonamides is 1. The molecule has 200 valence electrons. The largest absolute Gasteiger partial charge is 0.477 e. The first-order chi connectivity index (χ1) is 18.5. The molecular formula is C28H21F3N2O5S. The molecule has 39 heavy (non-hydrogen) atoms. The van der Waals surface area contributed by atoms with Gasteiger partial charge in [0.25, 0.3) is 0 Å². The van der Waals surface area contributed by atoms with Crippen molar-refractivity contribution in [2.75, 3.05) is 0 Å². The molecule has 6 rings (SSSR count). The van der Waals surface area contributed by atoms with Crippen LogP contribution in [0, 0.1) is 24.4 Å². The summed E-state index contributed by atoms with van der Waals surface area (Å²) in [6.45, 7) is 0.982. The molecule has 0 saturated heterocycles. The van der Waals surface area contributed by atoms with E-state index >= 15 is 13.2 Å². The van der Waals surface area contributed by atoms with Crippen molar-refractivity contribution in [1.29, 1.82) is 0 Å². The average molecular weight is 555 g/mol. The Morgan fingerprint density at radius 1 is 0.949 bits per heavy atom. The van der Waals surface area contributed by atoms with Gasteiger partial charge in [-0.2, -0.15) is 4.31 Å². The molecule has 0 radical (unpaired) electrons. The summed E-state index contributed by atoms with van der Waals surface area (Å²) in [5.74, 6) is -4.33. The summed E-state index contributed by atoms with van der Waals surface area (Å²) in [6, 6.07) is 8.87. The van der Waals surface area contributed by atoms with E-state index in [1.165, 1.54) is 24.4 Å². The number of pyridine rings is 1. The standard InChI is InChI=1S/C28H21F3N2O5S/c1-14-2-6-16(7-3-14)39(37,38)32-11-20-21(12-32)26(31)18(8-24(20)30)17-10-25-19(9-23(17)29)27(34)22(28(35)36)13-33(25)15-4-5-15/h2-3,6-10,13,15H,4-5,11-12H2,1H3,(H,35,36). The van der Waals surface area contributed by atoms with Crippen LogP contribution in [0.5, 0.6) is 0 Å². The molecule has 4 aromatic rings. The second-order valence-corrected chi connectivity index (χ2v) is 11.9. The highest BCUT2D eigenvalue weighted by atomic mass is 32.2. The molecule has 2 heterocycles. The zero-order chi connectivity index (χ0) is 27.8. The van der Waals surface area contributed by atoms with Crippen LogP contribution >= 0.6 is 0 Å². The number of hydrogen-bond acceptors (Lipinski definition) is 4. The number of nitrogens with zero attached hydrogens (tertiary/aromatic N) is 2. The number of carboxylic acid groups (broad SMARTS) is 1. The number of aryl methyl sites for hydroxylation is 1. The number of rotatable bonds is 5. The van der Waals surface area contributed by atoms with Gasteiger partial charge < -0.3 is 9.67 Å². The third kappa shape index (κ3) is 4.04. The fourth-order valence-electron chi connectivity index (χ4n) is 5.07. The Balaban J connectivity index is 1.47. The Bertz CT molecular complexity index is 1880. The monoisotopic (exact) mass is 554 g/mol. The van der Waals surface area contributed by atoms with Crippen molar-refractivity contribution in [2.24, 2.45) is 0 Å². The van der Waals surface area contributed by atoms with E-state index in [4.69, 9.17) is 0 Å². The smallest absolute Gasteiger partial charge is 0.341 e. The number of fused-ring (bicyclic) bond motifs is 2. The van der Waals surface area contributed by atoms with Gasteiger partial charge >= 0.3 is 5.97 Å². The molecule has 11 heteroatoms. The van der Waals surface area contributed by atoms with E-state index in [-0.39, 0.29) is 45.1 Å². The van der Waals surface area contributed by atoms with E-state index < -0.39 is 56.5 Å². The fourth-order valence-corrected chi connectivity index (χ4v) is 6.45. The quantitative estimate of drug-likeness (QED) is 0.369.